The Bertz CT molecular complexity index is 2350. The van der Waals surface area contributed by atoms with Crippen molar-refractivity contribution >= 4 is 61.8 Å². The third-order valence-electron chi connectivity index (χ3n) is 10.2. The van der Waals surface area contributed by atoms with Crippen molar-refractivity contribution in [3.63, 3.8) is 0 Å². The molecule has 5 aromatic carbocycles. The molecular formula is C48H50IrN3SSi. The zero-order valence-electron chi connectivity index (χ0n) is 32.9. The van der Waals surface area contributed by atoms with Crippen LogP contribution >= 0.6 is 11.3 Å². The van der Waals surface area contributed by atoms with Crippen LogP contribution in [-0.2, 0) is 20.1 Å². The molecule has 6 heteroatoms. The number of anilines is 2. The molecule has 276 valence electrons. The minimum Gasteiger partial charge on any atom is -0.661 e. The zero-order valence-corrected chi connectivity index (χ0v) is 37.1. The molecule has 0 radical (unpaired) electrons. The van der Waals surface area contributed by atoms with Crippen LogP contribution in [0.2, 0.25) is 19.6 Å². The molecule has 3 nitrogen and oxygen atoms in total. The van der Waals surface area contributed by atoms with Crippen LogP contribution in [0.4, 0.5) is 17.1 Å². The van der Waals surface area contributed by atoms with Crippen molar-refractivity contribution in [3.05, 3.63) is 155 Å². The van der Waals surface area contributed by atoms with E-state index in [0.29, 0.717) is 17.8 Å². The van der Waals surface area contributed by atoms with Crippen molar-refractivity contribution in [2.75, 3.05) is 4.90 Å². The number of hydrogen-bond acceptors (Lipinski definition) is 3. The number of aromatic nitrogens is 1. The topological polar surface area (TPSA) is 30.2 Å². The molecule has 7 aromatic rings. The van der Waals surface area contributed by atoms with Crippen molar-refractivity contribution in [2.24, 2.45) is 0 Å². The van der Waals surface area contributed by atoms with Gasteiger partial charge in [0, 0.05) is 22.3 Å². The third-order valence-corrected chi connectivity index (χ3v) is 13.4. The summed E-state index contributed by atoms with van der Waals surface area (Å²) in [5.74, 6) is 1.36. The maximum Gasteiger partial charge on any atom is 3.00 e. The van der Waals surface area contributed by atoms with E-state index in [2.05, 4.69) is 180 Å². The average Bonchev–Trinajstić information content (AvgIpc) is 3.73. The predicted octanol–water partition coefficient (Wildman–Crippen LogP) is 14.2. The van der Waals surface area contributed by atoms with Crippen molar-refractivity contribution in [1.29, 1.82) is 0 Å². The summed E-state index contributed by atoms with van der Waals surface area (Å²) in [7, 11) is -1.34. The molecule has 1 aliphatic heterocycles. The molecule has 2 aromatic heterocycles. The average molecular weight is 921 g/mol. The van der Waals surface area contributed by atoms with Gasteiger partial charge in [-0.05, 0) is 63.4 Å². The van der Waals surface area contributed by atoms with Crippen LogP contribution in [0.1, 0.15) is 87.7 Å². The molecule has 8 rings (SSSR count). The van der Waals surface area contributed by atoms with Gasteiger partial charge in [0.2, 0.25) is 0 Å². The second kappa shape index (κ2) is 16.3. The van der Waals surface area contributed by atoms with Gasteiger partial charge in [0.1, 0.15) is 0 Å². The van der Waals surface area contributed by atoms with Gasteiger partial charge in [-0.3, -0.25) is 0 Å². The quantitative estimate of drug-likeness (QED) is 0.118. The molecule has 0 bridgehead atoms. The number of thiophene rings is 1. The fourth-order valence-corrected chi connectivity index (χ4v) is 10.2. The Morgan fingerprint density at radius 3 is 2.04 bits per heavy atom. The number of nitrogens with zero attached hydrogens (tertiary/aromatic N) is 3. The molecule has 3 heterocycles. The molecule has 0 aliphatic carbocycles. The molecule has 1 unspecified atom stereocenters. The van der Waals surface area contributed by atoms with Gasteiger partial charge in [-0.2, -0.15) is 23.8 Å². The van der Waals surface area contributed by atoms with Gasteiger partial charge in [0.05, 0.1) is 8.07 Å². The molecule has 0 spiro atoms. The van der Waals surface area contributed by atoms with Gasteiger partial charge in [-0.1, -0.05) is 132 Å². The van der Waals surface area contributed by atoms with E-state index in [-0.39, 0.29) is 26.3 Å². The summed E-state index contributed by atoms with van der Waals surface area (Å²) in [6, 6.07) is 45.6. The first-order chi connectivity index (χ1) is 25.4. The minimum absolute atomic E-state index is 0. The van der Waals surface area contributed by atoms with Crippen molar-refractivity contribution in [2.45, 2.75) is 85.1 Å². The smallest absolute Gasteiger partial charge is 0.661 e. The second-order valence-electron chi connectivity index (χ2n) is 16.1. The molecule has 0 fully saturated rings. The van der Waals surface area contributed by atoms with Crippen LogP contribution in [0.3, 0.4) is 0 Å². The first-order valence-corrected chi connectivity index (χ1v) is 23.3. The maximum atomic E-state index is 5.25. The number of fused-ring (bicyclic) bond motifs is 4. The van der Waals surface area contributed by atoms with Crippen LogP contribution in [0, 0.1) is 12.1 Å². The van der Waals surface area contributed by atoms with Gasteiger partial charge in [0.15, 0.2) is 0 Å². The van der Waals surface area contributed by atoms with E-state index in [1.54, 1.807) is 0 Å². The predicted molar refractivity (Wildman–Crippen MR) is 233 cm³/mol. The van der Waals surface area contributed by atoms with Crippen LogP contribution in [0.25, 0.3) is 36.7 Å². The van der Waals surface area contributed by atoms with Crippen LogP contribution < -0.4 is 10.1 Å². The summed E-state index contributed by atoms with van der Waals surface area (Å²) in [5, 5.41) is 9.33. The monoisotopic (exact) mass is 921 g/mol. The van der Waals surface area contributed by atoms with E-state index < -0.39 is 8.07 Å². The Kier molecular flexibility index (Phi) is 12.0. The standard InChI is InChI=1S/C31H28N2S.C17H22NSi.Ir/c1-19(2)22-11-9-12-23(20(3)4)30(22)33-27-14-7-6-13-26(27)32-31(33)21-16-17-29-25(18-21)24-10-5-8-15-28(24)34-29;1-13(2)15-11-16(14-9-7-6-8-10-14)18-12-17(15)19(3,4)5;/h5-15,17-20,31H,1-4H3;6-9,11-13H,1-5H3;/q-2;-1;+3. The van der Waals surface area contributed by atoms with E-state index >= 15 is 0 Å². The SMILES string of the molecule is CC(C)c1cc(-c2[c-]cccc2)ncc1[Si](C)(C)C.CC(C)c1cccc(C(C)C)c1N1c2ccccc2[N-]C1c1[c-]cc2sc3ccccc3c2c1.[Ir+3]. The van der Waals surface area contributed by atoms with Gasteiger partial charge in [0.25, 0.3) is 0 Å². The minimum atomic E-state index is -1.34. The summed E-state index contributed by atoms with van der Waals surface area (Å²) < 4.78 is 2.59. The summed E-state index contributed by atoms with van der Waals surface area (Å²) >= 11 is 1.83. The molecule has 0 N–H and O–H groups in total. The van der Waals surface area contributed by atoms with E-state index in [0.717, 1.165) is 22.5 Å². The number of para-hydroxylation sites is 3. The van der Waals surface area contributed by atoms with Gasteiger partial charge >= 0.3 is 20.1 Å². The Morgan fingerprint density at radius 1 is 0.704 bits per heavy atom. The Hall–Kier alpha value is -4.06. The molecule has 1 aliphatic rings. The van der Waals surface area contributed by atoms with E-state index in [1.807, 2.05) is 29.5 Å². The summed E-state index contributed by atoms with van der Waals surface area (Å²) in [6.45, 7) is 20.8. The fourth-order valence-electron chi connectivity index (χ4n) is 7.45. The molecular weight excluding hydrogens is 871 g/mol. The fraction of sp³-hybridized carbons (Fsp3) is 0.271. The van der Waals surface area contributed by atoms with Gasteiger partial charge < -0.3 is 15.2 Å². The van der Waals surface area contributed by atoms with Crippen molar-refractivity contribution < 1.29 is 20.1 Å². The van der Waals surface area contributed by atoms with Crippen molar-refractivity contribution in [3.8, 4) is 11.3 Å². The first-order valence-electron chi connectivity index (χ1n) is 18.9. The zero-order chi connectivity index (χ0) is 37.4. The maximum absolute atomic E-state index is 5.25. The Morgan fingerprint density at radius 2 is 1.37 bits per heavy atom. The normalized spacial score (nSPS) is 13.9. The van der Waals surface area contributed by atoms with Crippen LogP contribution in [0.15, 0.2) is 115 Å². The molecule has 54 heavy (non-hydrogen) atoms. The number of benzene rings is 5. The molecule has 1 atom stereocenters. The molecule has 0 amide bonds. The van der Waals surface area contributed by atoms with Crippen LogP contribution in [-0.4, -0.2) is 13.1 Å². The largest absolute Gasteiger partial charge is 3.00 e. The number of hydrogen-bond donors (Lipinski definition) is 0. The number of pyridine rings is 1. The van der Waals surface area contributed by atoms with Gasteiger partial charge in [-0.15, -0.1) is 47.0 Å². The number of rotatable bonds is 7. The summed E-state index contributed by atoms with van der Waals surface area (Å²) in [4.78, 5) is 7.13. The Balaban J connectivity index is 0.000000213. The molecule has 0 saturated carbocycles. The summed E-state index contributed by atoms with van der Waals surface area (Å²) in [6.07, 6.45) is 1.95. The summed E-state index contributed by atoms with van der Waals surface area (Å²) in [5.41, 5.74) is 10.9. The van der Waals surface area contributed by atoms with E-state index in [4.69, 9.17) is 5.32 Å². The Labute approximate surface area is 341 Å². The second-order valence-corrected chi connectivity index (χ2v) is 22.2. The molecule has 0 saturated heterocycles. The van der Waals surface area contributed by atoms with Crippen molar-refractivity contribution in [1.82, 2.24) is 4.98 Å². The first kappa shape index (κ1) is 39.6. The van der Waals surface area contributed by atoms with E-state index in [9.17, 15) is 0 Å². The van der Waals surface area contributed by atoms with Crippen LogP contribution in [0.5, 0.6) is 0 Å². The van der Waals surface area contributed by atoms with Gasteiger partial charge in [-0.25, -0.2) is 11.3 Å². The van der Waals surface area contributed by atoms with E-state index in [1.165, 1.54) is 53.4 Å². The third kappa shape index (κ3) is 7.86.